The lowest BCUT2D eigenvalue weighted by Crippen LogP contribution is -2.47. The number of piperazine rings is 1. The molecule has 26 heavy (non-hydrogen) atoms. The highest BCUT2D eigenvalue weighted by molar-refractivity contribution is 5.77. The lowest BCUT2D eigenvalue weighted by atomic mass is 9.94. The average molecular weight is 368 g/mol. The Morgan fingerprint density at radius 2 is 1.92 bits per heavy atom. The van der Waals surface area contributed by atoms with E-state index >= 15 is 0 Å². The summed E-state index contributed by atoms with van der Waals surface area (Å²) in [5.41, 5.74) is 0. The van der Waals surface area contributed by atoms with Crippen LogP contribution < -0.4 is 16.0 Å². The molecule has 0 bridgehead atoms. The van der Waals surface area contributed by atoms with Crippen molar-refractivity contribution in [3.63, 3.8) is 0 Å². The number of carbonyl (C=O) groups excluding carboxylic acids is 2. The molecule has 150 valence electrons. The summed E-state index contributed by atoms with van der Waals surface area (Å²) in [5.74, 6) is 0.855. The van der Waals surface area contributed by atoms with E-state index < -0.39 is 0 Å². The first-order valence-electron chi connectivity index (χ1n) is 10.3. The van der Waals surface area contributed by atoms with Crippen molar-refractivity contribution in [2.75, 3.05) is 58.9 Å². The third-order valence-corrected chi connectivity index (χ3v) is 5.12. The van der Waals surface area contributed by atoms with E-state index in [9.17, 15) is 9.59 Å². The van der Waals surface area contributed by atoms with E-state index in [2.05, 4.69) is 34.7 Å². The second-order valence-electron chi connectivity index (χ2n) is 8.03. The molecule has 0 radical (unpaired) electrons. The Bertz CT molecular complexity index is 438. The molecule has 2 fully saturated rings. The van der Waals surface area contributed by atoms with E-state index in [0.29, 0.717) is 25.4 Å². The minimum absolute atomic E-state index is 0.0137. The lowest BCUT2D eigenvalue weighted by molar-refractivity contribution is -0.122. The highest BCUT2D eigenvalue weighted by Gasteiger charge is 2.25. The Balaban J connectivity index is 1.59. The molecule has 0 saturated carbocycles. The Morgan fingerprint density at radius 3 is 2.65 bits per heavy atom. The molecule has 2 aliphatic heterocycles. The van der Waals surface area contributed by atoms with Crippen LogP contribution in [0.15, 0.2) is 0 Å². The van der Waals surface area contributed by atoms with Gasteiger partial charge in [-0.2, -0.15) is 0 Å². The maximum Gasteiger partial charge on any atom is 0.317 e. The maximum atomic E-state index is 12.2. The van der Waals surface area contributed by atoms with Crippen LogP contribution in [0.1, 0.15) is 39.5 Å². The minimum Gasteiger partial charge on any atom is -0.356 e. The van der Waals surface area contributed by atoms with Crippen LogP contribution in [0.4, 0.5) is 4.79 Å². The minimum atomic E-state index is 0.0137. The molecule has 3 N–H and O–H groups in total. The monoisotopic (exact) mass is 367 g/mol. The van der Waals surface area contributed by atoms with Gasteiger partial charge in [0.05, 0.1) is 0 Å². The number of hydrogen-bond acceptors (Lipinski definition) is 4. The molecule has 0 aliphatic carbocycles. The van der Waals surface area contributed by atoms with Crippen LogP contribution in [-0.4, -0.2) is 80.6 Å². The maximum absolute atomic E-state index is 12.2. The summed E-state index contributed by atoms with van der Waals surface area (Å²) in [4.78, 5) is 28.7. The summed E-state index contributed by atoms with van der Waals surface area (Å²) in [7, 11) is 0. The summed E-state index contributed by atoms with van der Waals surface area (Å²) >= 11 is 0. The van der Waals surface area contributed by atoms with Crippen molar-refractivity contribution < 1.29 is 9.59 Å². The average Bonchev–Trinajstić information content (AvgIpc) is 2.64. The van der Waals surface area contributed by atoms with Gasteiger partial charge >= 0.3 is 6.03 Å². The molecule has 0 spiro atoms. The van der Waals surface area contributed by atoms with Gasteiger partial charge in [-0.05, 0) is 37.6 Å². The first kappa shape index (κ1) is 21.0. The van der Waals surface area contributed by atoms with Gasteiger partial charge < -0.3 is 25.8 Å². The summed E-state index contributed by atoms with van der Waals surface area (Å²) in [6.45, 7) is 12.5. The largest absolute Gasteiger partial charge is 0.356 e. The van der Waals surface area contributed by atoms with Crippen molar-refractivity contribution >= 4 is 11.9 Å². The Kier molecular flexibility index (Phi) is 9.18. The van der Waals surface area contributed by atoms with Gasteiger partial charge in [0.1, 0.15) is 0 Å². The van der Waals surface area contributed by atoms with E-state index in [1.807, 2.05) is 4.90 Å². The zero-order valence-electron chi connectivity index (χ0n) is 16.6. The predicted molar refractivity (Wildman–Crippen MR) is 104 cm³/mol. The first-order chi connectivity index (χ1) is 12.5. The smallest absolute Gasteiger partial charge is 0.317 e. The molecular formula is C19H37N5O2. The van der Waals surface area contributed by atoms with E-state index in [1.165, 1.54) is 0 Å². The quantitative estimate of drug-likeness (QED) is 0.556. The number of likely N-dealkylation sites (tertiary alicyclic amines) is 1. The Labute approximate surface area is 158 Å². The summed E-state index contributed by atoms with van der Waals surface area (Å²) in [5, 5.41) is 9.38. The molecule has 1 atom stereocenters. The second kappa shape index (κ2) is 11.4. The molecule has 0 aromatic heterocycles. The number of rotatable bonds is 8. The first-order valence-corrected chi connectivity index (χ1v) is 10.3. The topological polar surface area (TPSA) is 76.7 Å². The highest BCUT2D eigenvalue weighted by atomic mass is 16.2. The molecule has 7 nitrogen and oxygen atoms in total. The highest BCUT2D eigenvalue weighted by Crippen LogP contribution is 2.19. The van der Waals surface area contributed by atoms with Gasteiger partial charge in [0, 0.05) is 58.8 Å². The molecule has 7 heteroatoms. The van der Waals surface area contributed by atoms with Crippen LogP contribution >= 0.6 is 0 Å². The van der Waals surface area contributed by atoms with Gasteiger partial charge in [-0.25, -0.2) is 4.79 Å². The van der Waals surface area contributed by atoms with Gasteiger partial charge in [-0.1, -0.05) is 13.8 Å². The van der Waals surface area contributed by atoms with Crippen molar-refractivity contribution in [2.24, 2.45) is 11.8 Å². The van der Waals surface area contributed by atoms with Gasteiger partial charge in [0.25, 0.3) is 0 Å². The van der Waals surface area contributed by atoms with E-state index in [4.69, 9.17) is 0 Å². The SMILES string of the molecule is CC(C)CNC(=O)N1CCCC(CC(=O)NCCCN2CCNCC2)C1. The van der Waals surface area contributed by atoms with Gasteiger partial charge in [0.15, 0.2) is 0 Å². The fraction of sp³-hybridized carbons (Fsp3) is 0.895. The molecule has 2 aliphatic rings. The molecule has 0 aromatic rings. The van der Waals surface area contributed by atoms with Crippen molar-refractivity contribution in [2.45, 2.75) is 39.5 Å². The third-order valence-electron chi connectivity index (χ3n) is 5.12. The number of urea groups is 1. The fourth-order valence-electron chi connectivity index (χ4n) is 3.62. The predicted octanol–water partition coefficient (Wildman–Crippen LogP) is 0.866. The van der Waals surface area contributed by atoms with Crippen LogP contribution in [0.5, 0.6) is 0 Å². The zero-order valence-corrected chi connectivity index (χ0v) is 16.6. The number of amides is 3. The third kappa shape index (κ3) is 7.91. The molecule has 0 aromatic carbocycles. The van der Waals surface area contributed by atoms with E-state index in [0.717, 1.165) is 65.1 Å². The van der Waals surface area contributed by atoms with Crippen molar-refractivity contribution in [3.05, 3.63) is 0 Å². The van der Waals surface area contributed by atoms with E-state index in [-0.39, 0.29) is 17.9 Å². The van der Waals surface area contributed by atoms with Crippen LogP contribution in [0.3, 0.4) is 0 Å². The number of piperidine rings is 1. The summed E-state index contributed by atoms with van der Waals surface area (Å²) in [6, 6.07) is 0.0137. The molecule has 2 rings (SSSR count). The Morgan fingerprint density at radius 1 is 1.15 bits per heavy atom. The van der Waals surface area contributed by atoms with Crippen LogP contribution in [0.2, 0.25) is 0 Å². The fourth-order valence-corrected chi connectivity index (χ4v) is 3.62. The molecule has 2 saturated heterocycles. The normalized spacial score (nSPS) is 21.7. The van der Waals surface area contributed by atoms with Crippen molar-refractivity contribution in [1.82, 2.24) is 25.8 Å². The van der Waals surface area contributed by atoms with Crippen LogP contribution in [0, 0.1) is 11.8 Å². The summed E-state index contributed by atoms with van der Waals surface area (Å²) < 4.78 is 0. The number of carbonyl (C=O) groups is 2. The molecule has 2 heterocycles. The van der Waals surface area contributed by atoms with Gasteiger partial charge in [0.2, 0.25) is 5.91 Å². The summed E-state index contributed by atoms with van der Waals surface area (Å²) in [6.07, 6.45) is 3.54. The van der Waals surface area contributed by atoms with E-state index in [1.54, 1.807) is 0 Å². The van der Waals surface area contributed by atoms with Crippen LogP contribution in [-0.2, 0) is 4.79 Å². The number of hydrogen-bond donors (Lipinski definition) is 3. The standard InChI is InChI=1S/C19H37N5O2/c1-16(2)14-22-19(26)24-10-3-5-17(15-24)13-18(25)21-6-4-9-23-11-7-20-8-12-23/h16-17,20H,3-15H2,1-2H3,(H,21,25)(H,22,26). The molecule has 3 amide bonds. The van der Waals surface area contributed by atoms with Crippen molar-refractivity contribution in [3.8, 4) is 0 Å². The Hall–Kier alpha value is -1.34. The second-order valence-corrected chi connectivity index (χ2v) is 8.03. The number of nitrogens with zero attached hydrogens (tertiary/aromatic N) is 2. The number of nitrogens with one attached hydrogen (secondary N) is 3. The van der Waals surface area contributed by atoms with Crippen LogP contribution in [0.25, 0.3) is 0 Å². The van der Waals surface area contributed by atoms with Crippen molar-refractivity contribution in [1.29, 1.82) is 0 Å². The van der Waals surface area contributed by atoms with Gasteiger partial charge in [-0.15, -0.1) is 0 Å². The lowest BCUT2D eigenvalue weighted by Gasteiger charge is -2.32. The zero-order chi connectivity index (χ0) is 18.8. The molecular weight excluding hydrogens is 330 g/mol. The molecule has 1 unspecified atom stereocenters. The van der Waals surface area contributed by atoms with Gasteiger partial charge in [-0.3, -0.25) is 4.79 Å².